The van der Waals surface area contributed by atoms with Crippen molar-refractivity contribution < 1.29 is 13.5 Å². The van der Waals surface area contributed by atoms with Crippen molar-refractivity contribution >= 4 is 25.8 Å². The third-order valence-corrected chi connectivity index (χ3v) is 5.04. The summed E-state index contributed by atoms with van der Waals surface area (Å²) in [5.41, 5.74) is 0.908. The molecule has 1 N–H and O–H groups in total. The average Bonchev–Trinajstić information content (AvgIpc) is 2.19. The van der Waals surface area contributed by atoms with E-state index in [1.54, 1.807) is 0 Å². The molecule has 1 rings (SSSR count). The molecule has 0 aliphatic carbocycles. The van der Waals surface area contributed by atoms with Gasteiger partial charge in [-0.2, -0.15) is 0 Å². The van der Waals surface area contributed by atoms with Gasteiger partial charge in [0, 0.05) is 17.1 Å². The zero-order valence-electron chi connectivity index (χ0n) is 9.22. The van der Waals surface area contributed by atoms with Crippen LogP contribution in [0.1, 0.15) is 12.5 Å². The van der Waals surface area contributed by atoms with Crippen LogP contribution >= 0.6 is 15.9 Å². The van der Waals surface area contributed by atoms with Gasteiger partial charge in [-0.1, -0.05) is 34.1 Å². The van der Waals surface area contributed by atoms with Crippen molar-refractivity contribution in [3.63, 3.8) is 0 Å². The molecule has 0 amide bonds. The number of benzene rings is 1. The Morgan fingerprint density at radius 1 is 1.38 bits per heavy atom. The Balaban J connectivity index is 2.80. The van der Waals surface area contributed by atoms with E-state index in [4.69, 9.17) is 0 Å². The zero-order valence-corrected chi connectivity index (χ0v) is 11.6. The lowest BCUT2D eigenvalue weighted by atomic mass is 10.1. The van der Waals surface area contributed by atoms with Gasteiger partial charge in [0.25, 0.3) is 0 Å². The van der Waals surface area contributed by atoms with Gasteiger partial charge in [-0.3, -0.25) is 0 Å². The highest BCUT2D eigenvalue weighted by molar-refractivity contribution is 9.10. The van der Waals surface area contributed by atoms with Gasteiger partial charge in [-0.25, -0.2) is 8.42 Å². The van der Waals surface area contributed by atoms with Crippen molar-refractivity contribution in [1.82, 2.24) is 0 Å². The Bertz CT molecular complexity index is 456. The van der Waals surface area contributed by atoms with Gasteiger partial charge < -0.3 is 5.11 Å². The third kappa shape index (κ3) is 3.57. The molecule has 0 aliphatic rings. The van der Waals surface area contributed by atoms with Crippen molar-refractivity contribution in [2.75, 3.05) is 6.26 Å². The van der Waals surface area contributed by atoms with Crippen LogP contribution in [0.15, 0.2) is 28.7 Å². The summed E-state index contributed by atoms with van der Waals surface area (Å²) in [7, 11) is -3.20. The van der Waals surface area contributed by atoms with Crippen LogP contribution in [0.4, 0.5) is 0 Å². The third-order valence-electron chi connectivity index (χ3n) is 2.60. The minimum atomic E-state index is -3.20. The van der Waals surface area contributed by atoms with E-state index in [1.165, 1.54) is 6.92 Å². The molecule has 1 aromatic rings. The lowest BCUT2D eigenvalue weighted by molar-refractivity contribution is 0.173. The predicted octanol–water partition coefficient (Wildman–Crippen LogP) is 1.79. The largest absolute Gasteiger partial charge is 0.391 e. The molecule has 1 aromatic carbocycles. The fourth-order valence-corrected chi connectivity index (χ4v) is 2.45. The molecule has 90 valence electrons. The van der Waals surface area contributed by atoms with Gasteiger partial charge in [0.1, 0.15) is 0 Å². The molecule has 0 aliphatic heterocycles. The normalized spacial score (nSPS) is 15.8. The summed E-state index contributed by atoms with van der Waals surface area (Å²) in [6, 6.07) is 7.47. The van der Waals surface area contributed by atoms with Crippen LogP contribution in [0.2, 0.25) is 0 Å². The Labute approximate surface area is 105 Å². The number of hydrogen-bond acceptors (Lipinski definition) is 3. The summed E-state index contributed by atoms with van der Waals surface area (Å²) in [6.07, 6.45) is 0.588. The van der Waals surface area contributed by atoms with Crippen LogP contribution in [0.25, 0.3) is 0 Å². The molecule has 0 bridgehead atoms. The minimum absolute atomic E-state index is 0.329. The van der Waals surface area contributed by atoms with Crippen LogP contribution in [-0.2, 0) is 16.3 Å². The van der Waals surface area contributed by atoms with Crippen LogP contribution in [-0.4, -0.2) is 31.1 Å². The highest BCUT2D eigenvalue weighted by atomic mass is 79.9. The SMILES string of the molecule is CC(C(O)Cc1ccccc1Br)S(C)(=O)=O. The summed E-state index contributed by atoms with van der Waals surface area (Å²) < 4.78 is 23.4. The maximum atomic E-state index is 11.3. The lowest BCUT2D eigenvalue weighted by Crippen LogP contribution is -2.32. The van der Waals surface area contributed by atoms with Crippen molar-refractivity contribution in [3.05, 3.63) is 34.3 Å². The Morgan fingerprint density at radius 3 is 2.44 bits per heavy atom. The molecule has 3 nitrogen and oxygen atoms in total. The Kier molecular flexibility index (Phi) is 4.52. The molecule has 0 saturated carbocycles. The molecule has 0 fully saturated rings. The highest BCUT2D eigenvalue weighted by Crippen LogP contribution is 2.19. The molecule has 5 heteroatoms. The van der Waals surface area contributed by atoms with Gasteiger partial charge in [0.05, 0.1) is 11.4 Å². The predicted molar refractivity (Wildman–Crippen MR) is 68.2 cm³/mol. The second-order valence-electron chi connectivity index (χ2n) is 3.90. The lowest BCUT2D eigenvalue weighted by Gasteiger charge is -2.17. The average molecular weight is 307 g/mol. The molecule has 0 radical (unpaired) electrons. The molecule has 2 atom stereocenters. The summed E-state index contributed by atoms with van der Waals surface area (Å²) in [4.78, 5) is 0. The minimum Gasteiger partial charge on any atom is -0.391 e. The molecule has 0 heterocycles. The number of aliphatic hydroxyl groups excluding tert-OH is 1. The van der Waals surface area contributed by atoms with Gasteiger partial charge in [-0.05, 0) is 18.6 Å². The molecule has 16 heavy (non-hydrogen) atoms. The Hall–Kier alpha value is -0.390. The standard InChI is InChI=1S/C11H15BrO3S/c1-8(16(2,14)15)11(13)7-9-5-3-4-6-10(9)12/h3-6,8,11,13H,7H2,1-2H3. The quantitative estimate of drug-likeness (QED) is 0.922. The Morgan fingerprint density at radius 2 is 1.94 bits per heavy atom. The van der Waals surface area contributed by atoms with Gasteiger partial charge in [0.2, 0.25) is 0 Å². The van der Waals surface area contributed by atoms with Gasteiger partial charge >= 0.3 is 0 Å². The molecule has 2 unspecified atom stereocenters. The number of sulfone groups is 1. The van der Waals surface area contributed by atoms with Gasteiger partial charge in [-0.15, -0.1) is 0 Å². The van der Waals surface area contributed by atoms with E-state index >= 15 is 0 Å². The van der Waals surface area contributed by atoms with Crippen molar-refractivity contribution in [3.8, 4) is 0 Å². The zero-order chi connectivity index (χ0) is 12.3. The van der Waals surface area contributed by atoms with Gasteiger partial charge in [0.15, 0.2) is 9.84 Å². The first kappa shape index (κ1) is 13.7. The van der Waals surface area contributed by atoms with Crippen molar-refractivity contribution in [2.45, 2.75) is 24.7 Å². The first-order valence-corrected chi connectivity index (χ1v) is 7.67. The second kappa shape index (κ2) is 5.29. The summed E-state index contributed by atoms with van der Waals surface area (Å²) in [6.45, 7) is 1.52. The van der Waals surface area contributed by atoms with E-state index in [0.717, 1.165) is 16.3 Å². The number of aliphatic hydroxyl groups is 1. The fraction of sp³-hybridized carbons (Fsp3) is 0.455. The van der Waals surface area contributed by atoms with Crippen LogP contribution in [0.5, 0.6) is 0 Å². The first-order chi connectivity index (χ1) is 7.32. The molecule has 0 spiro atoms. The highest BCUT2D eigenvalue weighted by Gasteiger charge is 2.24. The topological polar surface area (TPSA) is 54.4 Å². The van der Waals surface area contributed by atoms with Crippen LogP contribution in [0, 0.1) is 0 Å². The number of halogens is 1. The van der Waals surface area contributed by atoms with Crippen molar-refractivity contribution in [2.24, 2.45) is 0 Å². The molecular weight excluding hydrogens is 292 g/mol. The van der Waals surface area contributed by atoms with E-state index in [9.17, 15) is 13.5 Å². The van der Waals surface area contributed by atoms with E-state index in [0.29, 0.717) is 6.42 Å². The van der Waals surface area contributed by atoms with E-state index < -0.39 is 21.2 Å². The van der Waals surface area contributed by atoms with Crippen molar-refractivity contribution in [1.29, 1.82) is 0 Å². The van der Waals surface area contributed by atoms with E-state index in [1.807, 2.05) is 24.3 Å². The summed E-state index contributed by atoms with van der Waals surface area (Å²) in [5, 5.41) is 9.08. The molecule has 0 saturated heterocycles. The first-order valence-electron chi connectivity index (χ1n) is 4.92. The number of hydrogen-bond donors (Lipinski definition) is 1. The monoisotopic (exact) mass is 306 g/mol. The van der Waals surface area contributed by atoms with E-state index in [2.05, 4.69) is 15.9 Å². The smallest absolute Gasteiger partial charge is 0.152 e. The maximum absolute atomic E-state index is 11.3. The van der Waals surface area contributed by atoms with Crippen LogP contribution in [0.3, 0.4) is 0 Å². The maximum Gasteiger partial charge on any atom is 0.152 e. The number of rotatable bonds is 4. The van der Waals surface area contributed by atoms with Crippen LogP contribution < -0.4 is 0 Å². The second-order valence-corrected chi connectivity index (χ2v) is 7.15. The van der Waals surface area contributed by atoms with E-state index in [-0.39, 0.29) is 0 Å². The molecular formula is C11H15BrO3S. The summed E-state index contributed by atoms with van der Waals surface area (Å²) >= 11 is 3.36. The molecule has 0 aromatic heterocycles. The fourth-order valence-electron chi connectivity index (χ4n) is 1.34. The summed E-state index contributed by atoms with van der Waals surface area (Å²) in [5.74, 6) is 0.